The molecular weight excluding hydrogens is 215 g/mol. The van der Waals surface area contributed by atoms with Crippen LogP contribution in [0.15, 0.2) is 24.3 Å². The molecule has 1 aliphatic carbocycles. The molecule has 1 aromatic rings. The maximum absolute atomic E-state index is 13.2. The first-order valence-corrected chi connectivity index (χ1v) is 6.22. The number of nitrogens with two attached hydrogens (primary N) is 1. The zero-order valence-electron chi connectivity index (χ0n) is 10.6. The molecule has 0 radical (unpaired) electrons. The van der Waals surface area contributed by atoms with Crippen molar-refractivity contribution in [3.05, 3.63) is 35.6 Å². The fourth-order valence-corrected chi connectivity index (χ4v) is 2.33. The predicted octanol–water partition coefficient (Wildman–Crippen LogP) is 2.18. The second kappa shape index (κ2) is 4.75. The van der Waals surface area contributed by atoms with Gasteiger partial charge in [-0.25, -0.2) is 4.39 Å². The van der Waals surface area contributed by atoms with Crippen molar-refractivity contribution < 1.29 is 4.39 Å². The van der Waals surface area contributed by atoms with Crippen molar-refractivity contribution in [2.24, 2.45) is 5.73 Å². The number of likely N-dealkylation sites (N-methyl/N-ethyl adjacent to an activating group) is 1. The molecule has 17 heavy (non-hydrogen) atoms. The van der Waals surface area contributed by atoms with E-state index in [1.165, 1.54) is 18.9 Å². The Balaban J connectivity index is 2.12. The second-order valence-electron chi connectivity index (χ2n) is 5.35. The summed E-state index contributed by atoms with van der Waals surface area (Å²) in [4.78, 5) is 2.36. The normalized spacial score (nSPS) is 19.4. The average Bonchev–Trinajstić information content (AvgIpc) is 3.11. The Morgan fingerprint density at radius 2 is 2.18 bits per heavy atom. The van der Waals surface area contributed by atoms with Crippen LogP contribution in [-0.4, -0.2) is 30.1 Å². The van der Waals surface area contributed by atoms with Crippen LogP contribution in [0.25, 0.3) is 0 Å². The smallest absolute Gasteiger partial charge is 0.123 e. The molecule has 1 unspecified atom stereocenters. The van der Waals surface area contributed by atoms with E-state index >= 15 is 0 Å². The molecule has 3 heteroatoms. The van der Waals surface area contributed by atoms with Gasteiger partial charge in [-0.15, -0.1) is 0 Å². The minimum atomic E-state index is -0.170. The lowest BCUT2D eigenvalue weighted by molar-refractivity contribution is 0.135. The molecule has 1 saturated carbocycles. The number of hydrogen-bond acceptors (Lipinski definition) is 2. The lowest BCUT2D eigenvalue weighted by Crippen LogP contribution is -2.52. The highest BCUT2D eigenvalue weighted by atomic mass is 19.1. The molecule has 1 aromatic carbocycles. The van der Waals surface area contributed by atoms with Crippen LogP contribution in [0.5, 0.6) is 0 Å². The second-order valence-corrected chi connectivity index (χ2v) is 5.35. The summed E-state index contributed by atoms with van der Waals surface area (Å²) in [6.45, 7) is 2.76. The van der Waals surface area contributed by atoms with Crippen LogP contribution >= 0.6 is 0 Å². The van der Waals surface area contributed by atoms with Crippen LogP contribution in [0.4, 0.5) is 4.39 Å². The van der Waals surface area contributed by atoms with E-state index in [0.717, 1.165) is 12.0 Å². The molecule has 1 atom stereocenters. The van der Waals surface area contributed by atoms with Gasteiger partial charge in [0.05, 0.1) is 0 Å². The van der Waals surface area contributed by atoms with Gasteiger partial charge in [-0.2, -0.15) is 0 Å². The molecule has 2 N–H and O–H groups in total. The molecule has 0 heterocycles. The molecule has 1 aliphatic rings. The maximum atomic E-state index is 13.2. The third kappa shape index (κ3) is 2.85. The summed E-state index contributed by atoms with van der Waals surface area (Å²) in [5, 5.41) is 0. The Labute approximate surface area is 103 Å². The van der Waals surface area contributed by atoms with E-state index in [0.29, 0.717) is 12.6 Å². The highest BCUT2D eigenvalue weighted by Crippen LogP contribution is 2.32. The van der Waals surface area contributed by atoms with Gasteiger partial charge in [0.2, 0.25) is 0 Å². The molecule has 94 valence electrons. The van der Waals surface area contributed by atoms with Crippen molar-refractivity contribution >= 4 is 0 Å². The quantitative estimate of drug-likeness (QED) is 0.849. The first-order valence-electron chi connectivity index (χ1n) is 6.22. The Morgan fingerprint density at radius 3 is 2.71 bits per heavy atom. The largest absolute Gasteiger partial charge is 0.329 e. The molecular formula is C14H21FN2. The first-order chi connectivity index (χ1) is 8.05. The van der Waals surface area contributed by atoms with Crippen LogP contribution in [0.1, 0.15) is 25.3 Å². The average molecular weight is 236 g/mol. The van der Waals surface area contributed by atoms with E-state index in [4.69, 9.17) is 5.73 Å². The molecule has 1 fully saturated rings. The lowest BCUT2D eigenvalue weighted by atomic mass is 9.91. The van der Waals surface area contributed by atoms with Crippen molar-refractivity contribution in [1.82, 2.24) is 4.90 Å². The highest BCUT2D eigenvalue weighted by Gasteiger charge is 2.37. The fourth-order valence-electron chi connectivity index (χ4n) is 2.33. The molecule has 0 bridgehead atoms. The minimum absolute atomic E-state index is 0.0744. The van der Waals surface area contributed by atoms with Gasteiger partial charge in [-0.1, -0.05) is 12.1 Å². The Morgan fingerprint density at radius 1 is 1.47 bits per heavy atom. The third-order valence-corrected chi connectivity index (χ3v) is 3.86. The first kappa shape index (κ1) is 12.5. The summed E-state index contributed by atoms with van der Waals surface area (Å²) in [5.74, 6) is -0.170. The van der Waals surface area contributed by atoms with Crippen molar-refractivity contribution in [2.75, 3.05) is 13.6 Å². The van der Waals surface area contributed by atoms with E-state index in [2.05, 4.69) is 18.9 Å². The number of hydrogen-bond donors (Lipinski definition) is 1. The highest BCUT2D eigenvalue weighted by molar-refractivity contribution is 5.19. The zero-order valence-corrected chi connectivity index (χ0v) is 10.6. The summed E-state index contributed by atoms with van der Waals surface area (Å²) in [6.07, 6.45) is 3.32. The van der Waals surface area contributed by atoms with Crippen LogP contribution in [0.2, 0.25) is 0 Å². The van der Waals surface area contributed by atoms with Gasteiger partial charge in [-0.05, 0) is 50.9 Å². The van der Waals surface area contributed by atoms with Gasteiger partial charge in [0.15, 0.2) is 0 Å². The summed E-state index contributed by atoms with van der Waals surface area (Å²) in [5.41, 5.74) is 6.87. The fraction of sp³-hybridized carbons (Fsp3) is 0.571. The van der Waals surface area contributed by atoms with Gasteiger partial charge >= 0.3 is 0 Å². The van der Waals surface area contributed by atoms with Crippen LogP contribution in [0.3, 0.4) is 0 Å². The van der Waals surface area contributed by atoms with Gasteiger partial charge < -0.3 is 5.73 Å². The SMILES string of the molecule is CN(C1CC1)C(C)(CN)Cc1cccc(F)c1. The van der Waals surface area contributed by atoms with Crippen molar-refractivity contribution in [3.63, 3.8) is 0 Å². The molecule has 0 aromatic heterocycles. The standard InChI is InChI=1S/C14H21FN2/c1-14(10-16,17(2)13-6-7-13)9-11-4-3-5-12(15)8-11/h3-5,8,13H,6-7,9-10,16H2,1-2H3. The Kier molecular flexibility index (Phi) is 3.50. The summed E-state index contributed by atoms with van der Waals surface area (Å²) < 4.78 is 13.2. The van der Waals surface area contributed by atoms with Crippen molar-refractivity contribution in [3.8, 4) is 0 Å². The molecule has 0 spiro atoms. The number of benzene rings is 1. The lowest BCUT2D eigenvalue weighted by Gasteiger charge is -2.38. The van der Waals surface area contributed by atoms with E-state index in [1.807, 2.05) is 6.07 Å². The monoisotopic (exact) mass is 236 g/mol. The zero-order chi connectivity index (χ0) is 12.5. The van der Waals surface area contributed by atoms with Crippen molar-refractivity contribution in [2.45, 2.75) is 37.8 Å². The number of halogens is 1. The topological polar surface area (TPSA) is 29.3 Å². The Hall–Kier alpha value is -0.930. The van der Waals surface area contributed by atoms with E-state index in [9.17, 15) is 4.39 Å². The van der Waals surface area contributed by atoms with Crippen molar-refractivity contribution in [1.29, 1.82) is 0 Å². The van der Waals surface area contributed by atoms with E-state index in [1.54, 1.807) is 12.1 Å². The summed E-state index contributed by atoms with van der Waals surface area (Å²) in [6, 6.07) is 7.48. The van der Waals surface area contributed by atoms with Gasteiger partial charge in [0.1, 0.15) is 5.82 Å². The number of rotatable bonds is 5. The predicted molar refractivity (Wildman–Crippen MR) is 68.3 cm³/mol. The van der Waals surface area contributed by atoms with E-state index < -0.39 is 0 Å². The molecule has 0 aliphatic heterocycles. The van der Waals surface area contributed by atoms with Crippen LogP contribution in [0, 0.1) is 5.82 Å². The van der Waals surface area contributed by atoms with Gasteiger partial charge in [0, 0.05) is 18.1 Å². The van der Waals surface area contributed by atoms with Crippen LogP contribution < -0.4 is 5.73 Å². The van der Waals surface area contributed by atoms with Gasteiger partial charge in [-0.3, -0.25) is 4.90 Å². The molecule has 2 nitrogen and oxygen atoms in total. The number of nitrogens with zero attached hydrogens (tertiary/aromatic N) is 1. The third-order valence-electron chi connectivity index (χ3n) is 3.86. The summed E-state index contributed by atoms with van der Waals surface area (Å²) >= 11 is 0. The summed E-state index contributed by atoms with van der Waals surface area (Å²) in [7, 11) is 2.13. The molecule has 0 amide bonds. The molecule has 2 rings (SSSR count). The molecule has 0 saturated heterocycles. The minimum Gasteiger partial charge on any atom is -0.329 e. The van der Waals surface area contributed by atoms with Crippen LogP contribution in [-0.2, 0) is 6.42 Å². The maximum Gasteiger partial charge on any atom is 0.123 e. The Bertz CT molecular complexity index is 390. The van der Waals surface area contributed by atoms with E-state index in [-0.39, 0.29) is 11.4 Å². The van der Waals surface area contributed by atoms with Gasteiger partial charge in [0.25, 0.3) is 0 Å².